The number of carbonyl (C=O) groups is 3. The number of hydrogen-bond donors (Lipinski definition) is 3. The minimum atomic E-state index is -0.890. The lowest BCUT2D eigenvalue weighted by Gasteiger charge is -2.17. The van der Waals surface area contributed by atoms with Crippen LogP contribution in [0, 0.1) is 0 Å². The monoisotopic (exact) mass is 451 g/mol. The molecule has 0 radical (unpaired) electrons. The average molecular weight is 451 g/mol. The highest BCUT2D eigenvalue weighted by Gasteiger charge is 2.22. The molecule has 1 aromatic carbocycles. The van der Waals surface area contributed by atoms with Crippen LogP contribution in [-0.4, -0.2) is 58.8 Å². The van der Waals surface area contributed by atoms with Gasteiger partial charge in [-0.15, -0.1) is 5.48 Å². The van der Waals surface area contributed by atoms with Crippen molar-refractivity contribution >= 4 is 23.8 Å². The van der Waals surface area contributed by atoms with Gasteiger partial charge >= 0.3 is 11.9 Å². The van der Waals surface area contributed by atoms with E-state index in [9.17, 15) is 24.6 Å². The smallest absolute Gasteiger partial charge is 0.342 e. The Morgan fingerprint density at radius 1 is 1.22 bits per heavy atom. The van der Waals surface area contributed by atoms with Gasteiger partial charge in [0.05, 0.1) is 12.6 Å². The van der Waals surface area contributed by atoms with Crippen molar-refractivity contribution in [1.82, 2.24) is 5.48 Å². The predicted molar refractivity (Wildman–Crippen MR) is 115 cm³/mol. The van der Waals surface area contributed by atoms with Gasteiger partial charge in [0.1, 0.15) is 29.8 Å². The van der Waals surface area contributed by atoms with Crippen molar-refractivity contribution in [1.29, 1.82) is 0 Å². The summed E-state index contributed by atoms with van der Waals surface area (Å²) < 4.78 is 11.1. The molecule has 10 heteroatoms. The van der Waals surface area contributed by atoms with E-state index in [1.807, 2.05) is 0 Å². The highest BCUT2D eigenvalue weighted by molar-refractivity contribution is 5.98. The molecular weight excluding hydrogens is 422 g/mol. The number of fused-ring (bicyclic) bond motifs is 1. The number of esters is 1. The lowest BCUT2D eigenvalue weighted by Crippen LogP contribution is -2.24. The largest absolute Gasteiger partial charge is 0.507 e. The lowest BCUT2D eigenvalue weighted by atomic mass is 10.0. The Morgan fingerprint density at radius 2 is 1.94 bits per heavy atom. The van der Waals surface area contributed by atoms with Crippen LogP contribution in [0.1, 0.15) is 49.0 Å². The first kappa shape index (κ1) is 26.8. The molecule has 0 amide bonds. The summed E-state index contributed by atoms with van der Waals surface area (Å²) >= 11 is 0. The molecule has 5 N–H and O–H groups in total. The van der Waals surface area contributed by atoms with Gasteiger partial charge in [0.25, 0.3) is 0 Å². The second kappa shape index (κ2) is 13.3. The minimum Gasteiger partial charge on any atom is -0.507 e. The Labute approximate surface area is 185 Å². The van der Waals surface area contributed by atoms with E-state index >= 15 is 0 Å². The Kier molecular flexibility index (Phi) is 11.1. The first-order valence-corrected chi connectivity index (χ1v) is 9.92. The third-order valence-electron chi connectivity index (χ3n) is 4.27. The molecule has 0 aliphatic carbocycles. The highest BCUT2D eigenvalue weighted by atomic mass is 16.7. The van der Waals surface area contributed by atoms with Gasteiger partial charge in [0.15, 0.2) is 5.78 Å². The summed E-state index contributed by atoms with van der Waals surface area (Å²) in [6.45, 7) is 3.22. The number of phenols is 1. The van der Waals surface area contributed by atoms with Crippen molar-refractivity contribution in [2.45, 2.75) is 45.3 Å². The van der Waals surface area contributed by atoms with Crippen LogP contribution < -0.4 is 10.2 Å². The molecule has 176 valence electrons. The molecular formula is C22H29NO9. The van der Waals surface area contributed by atoms with E-state index in [-0.39, 0.29) is 59.9 Å². The highest BCUT2D eigenvalue weighted by Crippen LogP contribution is 2.32. The Hall–Kier alpha value is -3.21. The molecule has 2 rings (SSSR count). The van der Waals surface area contributed by atoms with Crippen LogP contribution in [-0.2, 0) is 19.2 Å². The number of aliphatic hydroxyl groups excluding tert-OH is 1. The maximum atomic E-state index is 12.8. The molecule has 1 aromatic rings. The van der Waals surface area contributed by atoms with Crippen molar-refractivity contribution in [3.8, 4) is 11.5 Å². The van der Waals surface area contributed by atoms with E-state index in [1.54, 1.807) is 19.1 Å². The van der Waals surface area contributed by atoms with Crippen molar-refractivity contribution in [2.75, 3.05) is 13.2 Å². The molecule has 32 heavy (non-hydrogen) atoms. The van der Waals surface area contributed by atoms with Crippen LogP contribution in [0.5, 0.6) is 11.5 Å². The number of aromatic hydroxyl groups is 1. The summed E-state index contributed by atoms with van der Waals surface area (Å²) in [6, 6.07) is 2.82. The number of allylic oxidation sites excluding steroid dienone is 1. The second-order valence-electron chi connectivity index (χ2n) is 7.02. The van der Waals surface area contributed by atoms with E-state index in [4.69, 9.17) is 9.47 Å². The summed E-state index contributed by atoms with van der Waals surface area (Å²) in [5.74, 6) is -1.45. The molecule has 0 saturated heterocycles. The molecule has 0 bridgehead atoms. The maximum Gasteiger partial charge on any atom is 0.342 e. The Bertz CT molecular complexity index is 863. The normalized spacial score (nSPS) is 21.2. The SMILES string of the molecule is CC(=O)ONCCOc1ccc(O)c2c1/C=C/C[C@H](O)CC(=O)/C=C\C[C@H](C)OC2=O.O. The number of hydrogen-bond acceptors (Lipinski definition) is 9. The average Bonchev–Trinajstić information content (AvgIpc) is 2.68. The number of benzene rings is 1. The third-order valence-corrected chi connectivity index (χ3v) is 4.27. The van der Waals surface area contributed by atoms with E-state index in [2.05, 4.69) is 10.3 Å². The molecule has 0 fully saturated rings. The van der Waals surface area contributed by atoms with Crippen LogP contribution >= 0.6 is 0 Å². The van der Waals surface area contributed by atoms with Gasteiger partial charge in [0.2, 0.25) is 0 Å². The van der Waals surface area contributed by atoms with Gasteiger partial charge in [-0.1, -0.05) is 18.2 Å². The summed E-state index contributed by atoms with van der Waals surface area (Å²) in [5, 5.41) is 20.4. The number of phenolic OH excluding ortho intramolecular Hbond substituents is 1. The maximum absolute atomic E-state index is 12.8. The molecule has 0 saturated carbocycles. The number of cyclic esters (lactones) is 1. The number of ether oxygens (including phenoxy) is 2. The van der Waals surface area contributed by atoms with Gasteiger partial charge in [-0.3, -0.25) is 9.59 Å². The van der Waals surface area contributed by atoms with E-state index in [0.29, 0.717) is 6.42 Å². The zero-order valence-electron chi connectivity index (χ0n) is 18.0. The molecule has 0 spiro atoms. The van der Waals surface area contributed by atoms with Crippen molar-refractivity contribution in [3.63, 3.8) is 0 Å². The molecule has 2 atom stereocenters. The fourth-order valence-corrected chi connectivity index (χ4v) is 2.86. The van der Waals surface area contributed by atoms with Gasteiger partial charge in [-0.25, -0.2) is 4.79 Å². The summed E-state index contributed by atoms with van der Waals surface area (Å²) in [7, 11) is 0. The van der Waals surface area contributed by atoms with Crippen molar-refractivity contribution in [3.05, 3.63) is 41.5 Å². The minimum absolute atomic E-state index is 0. The fourth-order valence-electron chi connectivity index (χ4n) is 2.86. The van der Waals surface area contributed by atoms with Crippen molar-refractivity contribution in [2.24, 2.45) is 0 Å². The molecule has 1 aliphatic rings. The van der Waals surface area contributed by atoms with Crippen LogP contribution in [0.4, 0.5) is 0 Å². The van der Waals surface area contributed by atoms with Crippen LogP contribution in [0.25, 0.3) is 6.08 Å². The van der Waals surface area contributed by atoms with E-state index < -0.39 is 24.1 Å². The second-order valence-corrected chi connectivity index (χ2v) is 7.02. The molecule has 0 unspecified atom stereocenters. The zero-order valence-corrected chi connectivity index (χ0v) is 18.0. The quantitative estimate of drug-likeness (QED) is 0.339. The van der Waals surface area contributed by atoms with Gasteiger partial charge in [-0.2, -0.15) is 0 Å². The van der Waals surface area contributed by atoms with Crippen molar-refractivity contribution < 1.29 is 44.4 Å². The summed E-state index contributed by atoms with van der Waals surface area (Å²) in [6.07, 6.45) is 5.07. The van der Waals surface area contributed by atoms with Crippen LogP contribution in [0.2, 0.25) is 0 Å². The molecule has 0 aromatic heterocycles. The molecule has 1 aliphatic heterocycles. The standard InChI is InChI=1S/C22H27NO8.H2O/c1-14-5-3-6-16(25)13-17(26)7-4-8-18-20(29-12-11-23-31-15(2)24)10-9-19(27)21(18)22(28)30-14;/h3-4,6,8-10,14,17,23,26-27H,5,7,11-13H2,1-2H3;1H2/b6-3-,8-4+;/t14-,17-;/m0./s1. The zero-order chi connectivity index (χ0) is 22.8. The Morgan fingerprint density at radius 3 is 2.66 bits per heavy atom. The van der Waals surface area contributed by atoms with Gasteiger partial charge in [0, 0.05) is 25.3 Å². The van der Waals surface area contributed by atoms with Crippen LogP contribution in [0.3, 0.4) is 0 Å². The number of rotatable bonds is 5. The predicted octanol–water partition coefficient (Wildman–Crippen LogP) is 1.24. The first-order valence-electron chi connectivity index (χ1n) is 9.92. The summed E-state index contributed by atoms with van der Waals surface area (Å²) in [4.78, 5) is 40.0. The number of aliphatic hydroxyl groups is 1. The van der Waals surface area contributed by atoms with Gasteiger partial charge < -0.3 is 30.0 Å². The van der Waals surface area contributed by atoms with Gasteiger partial charge in [-0.05, 0) is 31.6 Å². The number of carbonyl (C=O) groups excluding carboxylic acids is 3. The van der Waals surface area contributed by atoms with E-state index in [0.717, 1.165) is 0 Å². The topological polar surface area (TPSA) is 163 Å². The lowest BCUT2D eigenvalue weighted by molar-refractivity contribution is -0.148. The summed E-state index contributed by atoms with van der Waals surface area (Å²) in [5.41, 5.74) is 2.64. The Balaban J connectivity index is 0.00000512. The first-order chi connectivity index (χ1) is 14.8. The third kappa shape index (κ3) is 8.50. The number of nitrogens with one attached hydrogen (secondary N) is 1. The number of hydroxylamine groups is 1. The van der Waals surface area contributed by atoms with Crippen LogP contribution in [0.15, 0.2) is 30.4 Å². The number of ketones is 1. The fraction of sp³-hybridized carbons (Fsp3) is 0.409. The molecule has 10 nitrogen and oxygen atoms in total. The van der Waals surface area contributed by atoms with E-state index in [1.165, 1.54) is 31.2 Å². The molecule has 1 heterocycles.